The fraction of sp³-hybridized carbons (Fsp3) is 0.629. The van der Waals surface area contributed by atoms with Crippen molar-refractivity contribution in [1.82, 2.24) is 25.4 Å². The number of β-amino-alcohol motifs (C(OH)–C–C–N with tert-alkyl or cyclic N) is 1. The number of carbonyl (C=O) groups is 4. The van der Waals surface area contributed by atoms with Crippen LogP contribution in [0.3, 0.4) is 0 Å². The highest BCUT2D eigenvalue weighted by Gasteiger charge is 2.44. The van der Waals surface area contributed by atoms with E-state index in [-0.39, 0.29) is 44.0 Å². The quantitative estimate of drug-likeness (QED) is 0.341. The van der Waals surface area contributed by atoms with Crippen LogP contribution in [0, 0.1) is 18.3 Å². The molecule has 48 heavy (non-hydrogen) atoms. The van der Waals surface area contributed by atoms with Crippen LogP contribution < -0.4 is 10.6 Å². The van der Waals surface area contributed by atoms with Gasteiger partial charge in [-0.25, -0.2) is 9.78 Å². The maximum Gasteiger partial charge on any atom is 0.410 e. The minimum absolute atomic E-state index is 0.000755. The van der Waals surface area contributed by atoms with E-state index in [9.17, 15) is 24.3 Å². The average molecular weight is 686 g/mol. The highest BCUT2D eigenvalue weighted by Crippen LogP contribution is 2.28. The molecule has 0 saturated carbocycles. The van der Waals surface area contributed by atoms with Crippen LogP contribution in [-0.4, -0.2) is 100 Å². The minimum atomic E-state index is -0.936. The van der Waals surface area contributed by atoms with Gasteiger partial charge in [0.25, 0.3) is 0 Å². The second-order valence-corrected chi connectivity index (χ2v) is 15.7. The lowest BCUT2D eigenvalue weighted by molar-refractivity contribution is -0.144. The summed E-state index contributed by atoms with van der Waals surface area (Å²) in [4.78, 5) is 61.0. The van der Waals surface area contributed by atoms with Gasteiger partial charge in [0.2, 0.25) is 17.7 Å². The molecule has 2 fully saturated rings. The smallest absolute Gasteiger partial charge is 0.410 e. The molecule has 1 aromatic carbocycles. The molecule has 2 aliphatic heterocycles. The molecule has 13 heteroatoms. The third-order valence-corrected chi connectivity index (χ3v) is 9.54. The van der Waals surface area contributed by atoms with Crippen LogP contribution in [0.25, 0.3) is 10.4 Å². The normalized spacial score (nSPS) is 19.6. The number of ether oxygens (including phenoxy) is 2. The number of aromatic nitrogens is 1. The third-order valence-electron chi connectivity index (χ3n) is 8.56. The molecule has 0 bridgehead atoms. The van der Waals surface area contributed by atoms with Gasteiger partial charge in [-0.2, -0.15) is 0 Å². The van der Waals surface area contributed by atoms with Crippen molar-refractivity contribution in [2.45, 2.75) is 98.1 Å². The van der Waals surface area contributed by atoms with Gasteiger partial charge in [-0.15, -0.1) is 11.3 Å². The van der Waals surface area contributed by atoms with Gasteiger partial charge in [0.1, 0.15) is 24.3 Å². The Morgan fingerprint density at radius 3 is 2.31 bits per heavy atom. The van der Waals surface area contributed by atoms with Gasteiger partial charge in [0, 0.05) is 32.6 Å². The number of benzene rings is 1. The third kappa shape index (κ3) is 10.2. The number of amides is 4. The number of hydrogen-bond donors (Lipinski definition) is 3. The Labute approximate surface area is 287 Å². The molecule has 3 atom stereocenters. The van der Waals surface area contributed by atoms with Crippen molar-refractivity contribution in [2.24, 2.45) is 11.3 Å². The number of nitrogens with zero attached hydrogens (tertiary/aromatic N) is 3. The zero-order valence-corrected chi connectivity index (χ0v) is 30.0. The predicted molar refractivity (Wildman–Crippen MR) is 183 cm³/mol. The van der Waals surface area contributed by atoms with Crippen LogP contribution in [0.1, 0.15) is 72.1 Å². The van der Waals surface area contributed by atoms with E-state index in [1.807, 2.05) is 78.2 Å². The SMILES string of the molecule is Cc1ncsc1-c1ccc(CNC(=O)[C@@H]2C[C@@H](O)CN2C(=O)[C@@H](NC(=O)COCC2CCN(C(=O)OC(C)(C)C)CC2)C(C)(C)C)cc1. The largest absolute Gasteiger partial charge is 0.444 e. The lowest BCUT2D eigenvalue weighted by Gasteiger charge is -2.35. The summed E-state index contributed by atoms with van der Waals surface area (Å²) < 4.78 is 11.2. The molecule has 2 saturated heterocycles. The molecule has 2 aliphatic rings. The second-order valence-electron chi connectivity index (χ2n) is 14.9. The highest BCUT2D eigenvalue weighted by molar-refractivity contribution is 7.13. The van der Waals surface area contributed by atoms with Gasteiger partial charge >= 0.3 is 6.09 Å². The predicted octanol–water partition coefficient (Wildman–Crippen LogP) is 3.89. The monoisotopic (exact) mass is 685 g/mol. The van der Waals surface area contributed by atoms with Crippen molar-refractivity contribution in [3.8, 4) is 10.4 Å². The molecule has 264 valence electrons. The topological polar surface area (TPSA) is 150 Å². The van der Waals surface area contributed by atoms with E-state index in [1.165, 1.54) is 4.90 Å². The Balaban J connectivity index is 1.27. The maximum absolute atomic E-state index is 13.9. The minimum Gasteiger partial charge on any atom is -0.444 e. The van der Waals surface area contributed by atoms with Gasteiger partial charge in [-0.3, -0.25) is 14.4 Å². The Morgan fingerprint density at radius 1 is 1.06 bits per heavy atom. The highest BCUT2D eigenvalue weighted by atomic mass is 32.1. The number of aliphatic hydroxyl groups is 1. The van der Waals surface area contributed by atoms with E-state index in [2.05, 4.69) is 15.6 Å². The lowest BCUT2D eigenvalue weighted by atomic mass is 9.85. The zero-order chi connectivity index (χ0) is 35.2. The van der Waals surface area contributed by atoms with Crippen molar-refractivity contribution >= 4 is 35.2 Å². The first kappa shape index (κ1) is 37.3. The number of aliphatic hydroxyl groups excluding tert-OH is 1. The standard InChI is InChI=1S/C35H51N5O7S/c1-22-29(48-21-37-22)25-10-8-23(9-11-25)17-36-31(43)27-16-26(41)18-40(27)32(44)30(34(2,3)4)38-28(42)20-46-19-24-12-14-39(15-13-24)33(45)47-35(5,6)7/h8-11,21,24,26-27,30,41H,12-20H2,1-7H3,(H,36,43)(H,38,42)/t26-,27+,30-/m1/s1. The number of nitrogens with one attached hydrogen (secondary N) is 2. The van der Waals surface area contributed by atoms with Crippen LogP contribution in [-0.2, 0) is 30.4 Å². The van der Waals surface area contributed by atoms with E-state index in [4.69, 9.17) is 9.47 Å². The van der Waals surface area contributed by atoms with E-state index < -0.39 is 41.0 Å². The van der Waals surface area contributed by atoms with Gasteiger partial charge in [-0.1, -0.05) is 45.0 Å². The summed E-state index contributed by atoms with van der Waals surface area (Å²) in [7, 11) is 0. The van der Waals surface area contributed by atoms with Crippen LogP contribution in [0.2, 0.25) is 0 Å². The second kappa shape index (κ2) is 15.8. The summed E-state index contributed by atoms with van der Waals surface area (Å²) in [5.74, 6) is -1.02. The fourth-order valence-electron chi connectivity index (χ4n) is 5.91. The summed E-state index contributed by atoms with van der Waals surface area (Å²) in [6.07, 6.45) is 0.415. The van der Waals surface area contributed by atoms with E-state index in [0.29, 0.717) is 19.7 Å². The van der Waals surface area contributed by atoms with Gasteiger partial charge in [0.05, 0.1) is 28.8 Å². The molecule has 3 N–H and O–H groups in total. The van der Waals surface area contributed by atoms with Gasteiger partial charge in [-0.05, 0) is 63.0 Å². The first-order valence-corrected chi connectivity index (χ1v) is 17.5. The molecule has 0 radical (unpaired) electrons. The number of likely N-dealkylation sites (tertiary alicyclic amines) is 2. The van der Waals surface area contributed by atoms with Crippen molar-refractivity contribution in [2.75, 3.05) is 32.8 Å². The summed E-state index contributed by atoms with van der Waals surface area (Å²) in [6.45, 7) is 14.5. The zero-order valence-electron chi connectivity index (χ0n) is 29.2. The number of rotatable bonds is 10. The fourth-order valence-corrected chi connectivity index (χ4v) is 6.72. The van der Waals surface area contributed by atoms with Crippen molar-refractivity contribution in [3.63, 3.8) is 0 Å². The summed E-state index contributed by atoms with van der Waals surface area (Å²) in [5, 5.41) is 16.2. The molecule has 4 rings (SSSR count). The lowest BCUT2D eigenvalue weighted by Crippen LogP contribution is -2.58. The van der Waals surface area contributed by atoms with Crippen molar-refractivity contribution in [1.29, 1.82) is 0 Å². The van der Waals surface area contributed by atoms with Crippen LogP contribution in [0.5, 0.6) is 0 Å². The molecule has 4 amide bonds. The molecule has 1 aromatic heterocycles. The molecular weight excluding hydrogens is 634 g/mol. The maximum atomic E-state index is 13.9. The molecule has 0 spiro atoms. The molecule has 2 aromatic rings. The Bertz CT molecular complexity index is 1420. The van der Waals surface area contributed by atoms with Crippen LogP contribution >= 0.6 is 11.3 Å². The molecule has 0 unspecified atom stereocenters. The first-order chi connectivity index (χ1) is 22.5. The summed E-state index contributed by atoms with van der Waals surface area (Å²) >= 11 is 1.58. The van der Waals surface area contributed by atoms with E-state index in [1.54, 1.807) is 16.2 Å². The number of piperidine rings is 1. The Hall–Kier alpha value is -3.55. The summed E-state index contributed by atoms with van der Waals surface area (Å²) in [6, 6.07) is 6.08. The number of hydrogen-bond acceptors (Lipinski definition) is 9. The Morgan fingerprint density at radius 2 is 1.73 bits per heavy atom. The van der Waals surface area contributed by atoms with Crippen molar-refractivity contribution < 1.29 is 33.8 Å². The van der Waals surface area contributed by atoms with Gasteiger partial charge in [0.15, 0.2) is 0 Å². The number of carbonyl (C=O) groups excluding carboxylic acids is 4. The Kier molecular flexibility index (Phi) is 12.2. The molecular formula is C35H51N5O7S. The summed E-state index contributed by atoms with van der Waals surface area (Å²) in [5.41, 5.74) is 3.52. The van der Waals surface area contributed by atoms with Gasteiger partial charge < -0.3 is 35.0 Å². The molecule has 12 nitrogen and oxygen atoms in total. The van der Waals surface area contributed by atoms with Crippen molar-refractivity contribution in [3.05, 3.63) is 41.0 Å². The number of aryl methyl sites for hydroxylation is 1. The molecule has 3 heterocycles. The first-order valence-electron chi connectivity index (χ1n) is 16.6. The number of thiazole rings is 1. The van der Waals surface area contributed by atoms with E-state index >= 15 is 0 Å². The van der Waals surface area contributed by atoms with Crippen LogP contribution in [0.4, 0.5) is 4.79 Å². The molecule has 0 aliphatic carbocycles. The average Bonchev–Trinajstić information content (AvgIpc) is 3.62. The van der Waals surface area contributed by atoms with Crippen LogP contribution in [0.15, 0.2) is 29.8 Å². The van der Waals surface area contributed by atoms with E-state index in [0.717, 1.165) is 34.5 Å².